The molecular weight excluding hydrogens is 464 g/mol. The first kappa shape index (κ1) is 23.7. The second-order valence-electron chi connectivity index (χ2n) is 7.63. The third kappa shape index (κ3) is 5.08. The summed E-state index contributed by atoms with van der Waals surface area (Å²) in [5, 5.41) is 12.5. The van der Waals surface area contributed by atoms with E-state index in [0.717, 1.165) is 5.56 Å². The van der Waals surface area contributed by atoms with Gasteiger partial charge in [-0.2, -0.15) is 5.26 Å². The number of nitrogens with one attached hydrogen (secondary N) is 1. The van der Waals surface area contributed by atoms with E-state index in [2.05, 4.69) is 16.4 Å². The predicted molar refractivity (Wildman–Crippen MR) is 135 cm³/mol. The van der Waals surface area contributed by atoms with Crippen LogP contribution in [0, 0.1) is 11.3 Å². The second-order valence-corrected chi connectivity index (χ2v) is 8.66. The van der Waals surface area contributed by atoms with E-state index in [0.29, 0.717) is 38.8 Å². The molecule has 35 heavy (non-hydrogen) atoms. The van der Waals surface area contributed by atoms with E-state index < -0.39 is 5.97 Å². The van der Waals surface area contributed by atoms with Crippen molar-refractivity contribution < 1.29 is 19.1 Å². The Bertz CT molecular complexity index is 1460. The summed E-state index contributed by atoms with van der Waals surface area (Å²) in [5.74, 6) is -0.454. The number of nitrogens with zero attached hydrogens (tertiary/aromatic N) is 2. The maximum absolute atomic E-state index is 12.9. The minimum Gasteiger partial charge on any atom is -0.465 e. The van der Waals surface area contributed by atoms with E-state index in [1.54, 1.807) is 54.6 Å². The lowest BCUT2D eigenvalue weighted by Crippen LogP contribution is -2.12. The van der Waals surface area contributed by atoms with Crippen molar-refractivity contribution in [1.29, 1.82) is 5.26 Å². The average molecular weight is 487 g/mol. The first-order valence-corrected chi connectivity index (χ1v) is 11.6. The van der Waals surface area contributed by atoms with E-state index in [1.807, 2.05) is 13.0 Å². The van der Waals surface area contributed by atoms with Crippen molar-refractivity contribution in [3.63, 3.8) is 0 Å². The molecule has 0 spiro atoms. The molecule has 4 aromatic rings. The molecule has 1 aromatic heterocycles. The minimum absolute atomic E-state index is 0.230. The number of methoxy groups -OCH3 is 1. The van der Waals surface area contributed by atoms with Crippen molar-refractivity contribution in [3.8, 4) is 17.6 Å². The van der Waals surface area contributed by atoms with Crippen LogP contribution in [0.5, 0.6) is 11.5 Å². The molecule has 0 aliphatic carbocycles. The molecule has 4 rings (SSSR count). The zero-order valence-corrected chi connectivity index (χ0v) is 19.9. The van der Waals surface area contributed by atoms with Gasteiger partial charge in [-0.15, -0.1) is 0 Å². The molecule has 1 amide bonds. The number of amides is 1. The fourth-order valence-corrected chi connectivity index (χ4v) is 4.49. The van der Waals surface area contributed by atoms with Crippen molar-refractivity contribution in [2.24, 2.45) is 0 Å². The molecule has 0 aliphatic rings. The van der Waals surface area contributed by atoms with Crippen LogP contribution < -0.4 is 15.8 Å². The number of thiazole rings is 1. The maximum Gasteiger partial charge on any atom is 0.343 e. The molecule has 8 nitrogen and oxygen atoms in total. The highest BCUT2D eigenvalue weighted by atomic mass is 32.1. The average Bonchev–Trinajstić information content (AvgIpc) is 3.25. The van der Waals surface area contributed by atoms with E-state index in [4.69, 9.17) is 15.2 Å². The van der Waals surface area contributed by atoms with Crippen LogP contribution in [-0.4, -0.2) is 24.0 Å². The van der Waals surface area contributed by atoms with Crippen molar-refractivity contribution >= 4 is 44.2 Å². The van der Waals surface area contributed by atoms with Crippen LogP contribution in [-0.2, 0) is 4.74 Å². The van der Waals surface area contributed by atoms with Crippen molar-refractivity contribution in [2.75, 3.05) is 18.2 Å². The van der Waals surface area contributed by atoms with Gasteiger partial charge in [-0.3, -0.25) is 4.79 Å². The number of fused-ring (bicyclic) bond motifs is 1. The lowest BCUT2D eigenvalue weighted by Gasteiger charge is -2.12. The highest BCUT2D eigenvalue weighted by Crippen LogP contribution is 2.36. The van der Waals surface area contributed by atoms with Crippen molar-refractivity contribution in [2.45, 2.75) is 19.3 Å². The molecule has 3 N–H and O–H groups in total. The number of carbonyl (C=O) groups is 2. The topological polar surface area (TPSA) is 127 Å². The Morgan fingerprint density at radius 1 is 1.17 bits per heavy atom. The molecule has 0 aliphatic heterocycles. The normalized spacial score (nSPS) is 11.5. The quantitative estimate of drug-likeness (QED) is 0.319. The standard InChI is InChI=1S/C26H22N4O4S/c1-3-15(14-27)16-6-4-7-17(12-16)24(31)29-18-8-5-9-19(13-18)34-21-11-10-20-23(35-26(28)30-20)22(21)25(32)33-2/h4-13,15H,3H2,1-2H3,(H2,28,30)(H,29,31). The number of nitriles is 1. The van der Waals surface area contributed by atoms with Gasteiger partial charge in [-0.1, -0.05) is 36.5 Å². The number of carbonyl (C=O) groups excluding carboxylic acids is 2. The zero-order valence-electron chi connectivity index (χ0n) is 19.1. The Hall–Kier alpha value is -4.42. The van der Waals surface area contributed by atoms with Crippen LogP contribution >= 0.6 is 11.3 Å². The van der Waals surface area contributed by atoms with Gasteiger partial charge in [0.25, 0.3) is 5.91 Å². The van der Waals surface area contributed by atoms with E-state index in [9.17, 15) is 14.9 Å². The lowest BCUT2D eigenvalue weighted by atomic mass is 9.96. The van der Waals surface area contributed by atoms with Crippen LogP contribution in [0.4, 0.5) is 10.8 Å². The summed E-state index contributed by atoms with van der Waals surface area (Å²) < 4.78 is 11.5. The van der Waals surface area contributed by atoms with E-state index in [-0.39, 0.29) is 23.1 Å². The number of hydrogen-bond donors (Lipinski definition) is 2. The molecule has 0 fully saturated rings. The first-order valence-electron chi connectivity index (χ1n) is 10.8. The number of ether oxygens (including phenoxy) is 2. The number of esters is 1. The summed E-state index contributed by atoms with van der Waals surface area (Å²) >= 11 is 1.17. The van der Waals surface area contributed by atoms with Crippen LogP contribution in [0.25, 0.3) is 10.2 Å². The zero-order chi connectivity index (χ0) is 24.9. The summed E-state index contributed by atoms with van der Waals surface area (Å²) in [6.45, 7) is 1.93. The van der Waals surface area contributed by atoms with Gasteiger partial charge < -0.3 is 20.5 Å². The molecule has 1 atom stereocenters. The highest BCUT2D eigenvalue weighted by molar-refractivity contribution is 7.22. The fourth-order valence-electron chi connectivity index (χ4n) is 3.64. The predicted octanol–water partition coefficient (Wildman–Crippen LogP) is 5.73. The molecule has 1 heterocycles. The number of benzene rings is 3. The molecule has 1 unspecified atom stereocenters. The van der Waals surface area contributed by atoms with Crippen LogP contribution in [0.15, 0.2) is 60.7 Å². The SMILES string of the molecule is CCC(C#N)c1cccc(C(=O)Nc2cccc(Oc3ccc4nc(N)sc4c3C(=O)OC)c2)c1. The van der Waals surface area contributed by atoms with Gasteiger partial charge in [0, 0.05) is 17.3 Å². The van der Waals surface area contributed by atoms with Gasteiger partial charge >= 0.3 is 5.97 Å². The van der Waals surface area contributed by atoms with Gasteiger partial charge in [0.05, 0.1) is 29.3 Å². The van der Waals surface area contributed by atoms with Crippen molar-refractivity contribution in [3.05, 3.63) is 77.4 Å². The molecule has 3 aromatic carbocycles. The number of rotatable bonds is 7. The van der Waals surface area contributed by atoms with E-state index in [1.165, 1.54) is 18.4 Å². The third-order valence-electron chi connectivity index (χ3n) is 5.36. The number of aromatic nitrogens is 1. The number of anilines is 2. The van der Waals surface area contributed by atoms with E-state index >= 15 is 0 Å². The molecule has 0 saturated heterocycles. The van der Waals surface area contributed by atoms with Gasteiger partial charge in [0.2, 0.25) is 0 Å². The fraction of sp³-hybridized carbons (Fsp3) is 0.154. The molecule has 9 heteroatoms. The van der Waals surface area contributed by atoms with Gasteiger partial charge in [0.15, 0.2) is 5.13 Å². The van der Waals surface area contributed by atoms with Crippen LogP contribution in [0.1, 0.15) is 45.5 Å². The molecular formula is C26H22N4O4S. The molecule has 0 radical (unpaired) electrons. The maximum atomic E-state index is 12.9. The van der Waals surface area contributed by atoms with Crippen LogP contribution in [0.2, 0.25) is 0 Å². The van der Waals surface area contributed by atoms with Crippen LogP contribution in [0.3, 0.4) is 0 Å². The smallest absolute Gasteiger partial charge is 0.343 e. The summed E-state index contributed by atoms with van der Waals surface area (Å²) in [6.07, 6.45) is 0.661. The Balaban J connectivity index is 1.59. The summed E-state index contributed by atoms with van der Waals surface area (Å²) in [4.78, 5) is 29.6. The summed E-state index contributed by atoms with van der Waals surface area (Å²) in [5.41, 5.74) is 8.38. The minimum atomic E-state index is -0.568. The van der Waals surface area contributed by atoms with Gasteiger partial charge in [-0.05, 0) is 48.4 Å². The Morgan fingerprint density at radius 3 is 2.71 bits per heavy atom. The van der Waals surface area contributed by atoms with Gasteiger partial charge in [-0.25, -0.2) is 9.78 Å². The third-order valence-corrected chi connectivity index (χ3v) is 6.28. The second kappa shape index (κ2) is 10.2. The largest absolute Gasteiger partial charge is 0.465 e. The van der Waals surface area contributed by atoms with Gasteiger partial charge in [0.1, 0.15) is 17.1 Å². The summed E-state index contributed by atoms with van der Waals surface area (Å²) in [6, 6.07) is 19.4. The lowest BCUT2D eigenvalue weighted by molar-refractivity contribution is 0.0600. The number of nitrogens with two attached hydrogens (primary N) is 1. The highest BCUT2D eigenvalue weighted by Gasteiger charge is 2.21. The Morgan fingerprint density at radius 2 is 1.97 bits per heavy atom. The molecule has 176 valence electrons. The Kier molecular flexibility index (Phi) is 6.94. The van der Waals surface area contributed by atoms with Crippen molar-refractivity contribution in [1.82, 2.24) is 4.98 Å². The Labute approximate surface area is 205 Å². The summed E-state index contributed by atoms with van der Waals surface area (Å²) in [7, 11) is 1.29. The number of hydrogen-bond acceptors (Lipinski definition) is 8. The first-order chi connectivity index (χ1) is 16.9. The monoisotopic (exact) mass is 486 g/mol. The molecule has 0 saturated carbocycles. The molecule has 0 bridgehead atoms. The number of nitrogen functional groups attached to an aromatic ring is 1.